The minimum atomic E-state index is -1.90. The zero-order chi connectivity index (χ0) is 17.8. The van der Waals surface area contributed by atoms with Crippen molar-refractivity contribution in [1.29, 1.82) is 0 Å². The van der Waals surface area contributed by atoms with E-state index in [4.69, 9.17) is 8.84 Å². The summed E-state index contributed by atoms with van der Waals surface area (Å²) in [4.78, 5) is 0. The summed E-state index contributed by atoms with van der Waals surface area (Å²) in [5.74, 6) is 8.43. The second kappa shape index (κ2) is 7.42. The molecule has 0 aliphatic rings. The van der Waals surface area contributed by atoms with Crippen LogP contribution in [0.4, 0.5) is 0 Å². The fourth-order valence-corrected chi connectivity index (χ4v) is 3.32. The number of hydrogen-bond acceptors (Lipinski definition) is 2. The lowest BCUT2D eigenvalue weighted by atomic mass is 10.2. The molecule has 2 nitrogen and oxygen atoms in total. The van der Waals surface area contributed by atoms with Gasteiger partial charge in [0.2, 0.25) is 0 Å². The van der Waals surface area contributed by atoms with Crippen molar-refractivity contribution in [3.63, 3.8) is 0 Å². The summed E-state index contributed by atoms with van der Waals surface area (Å²) in [6.45, 7) is 13.2. The van der Waals surface area contributed by atoms with Crippen LogP contribution in [-0.2, 0) is 10.8 Å². The molecule has 1 aromatic carbocycles. The highest BCUT2D eigenvalue weighted by Crippen LogP contribution is 2.37. The second-order valence-electron chi connectivity index (χ2n) is 7.72. The van der Waals surface area contributed by atoms with Gasteiger partial charge in [-0.25, -0.2) is 0 Å². The van der Waals surface area contributed by atoms with Crippen LogP contribution >= 0.6 is 0 Å². The van der Waals surface area contributed by atoms with Crippen molar-refractivity contribution >= 4 is 8.32 Å². The van der Waals surface area contributed by atoms with Gasteiger partial charge < -0.3 is 8.84 Å². The zero-order valence-corrected chi connectivity index (χ0v) is 16.6. The third-order valence-corrected chi connectivity index (χ3v) is 9.06. The van der Waals surface area contributed by atoms with Crippen LogP contribution in [0, 0.1) is 18.8 Å². The van der Waals surface area contributed by atoms with Crippen molar-refractivity contribution < 1.29 is 8.84 Å². The summed E-state index contributed by atoms with van der Waals surface area (Å²) < 4.78 is 12.3. The Kier molecular flexibility index (Phi) is 5.74. The Labute approximate surface area is 147 Å². The van der Waals surface area contributed by atoms with Crippen LogP contribution in [0.15, 0.2) is 46.9 Å². The van der Waals surface area contributed by atoms with E-state index < -0.39 is 8.32 Å². The van der Waals surface area contributed by atoms with E-state index in [9.17, 15) is 0 Å². The summed E-state index contributed by atoms with van der Waals surface area (Å²) in [7, 11) is -1.90. The molecule has 3 heteroatoms. The lowest BCUT2D eigenvalue weighted by Crippen LogP contribution is -2.44. The lowest BCUT2D eigenvalue weighted by Gasteiger charge is -2.38. The maximum Gasteiger partial charge on any atom is 0.193 e. The Hall–Kier alpha value is -1.76. The highest BCUT2D eigenvalue weighted by Gasteiger charge is 2.39. The second-order valence-corrected chi connectivity index (χ2v) is 12.5. The van der Waals surface area contributed by atoms with E-state index in [-0.39, 0.29) is 11.1 Å². The van der Waals surface area contributed by atoms with Gasteiger partial charge >= 0.3 is 0 Å². The molecule has 1 unspecified atom stereocenters. The molecule has 128 valence electrons. The van der Waals surface area contributed by atoms with Crippen LogP contribution in [0.2, 0.25) is 18.1 Å². The quantitative estimate of drug-likeness (QED) is 0.536. The van der Waals surface area contributed by atoms with Gasteiger partial charge in [0, 0.05) is 12.0 Å². The highest BCUT2D eigenvalue weighted by atomic mass is 28.4. The van der Waals surface area contributed by atoms with E-state index in [1.165, 1.54) is 0 Å². The summed E-state index contributed by atoms with van der Waals surface area (Å²) in [6, 6.07) is 14.1. The SMILES string of the molecule is Cc1ccc(CC(C#Cc2ccccc2)O[Si](C)(C)C(C)(C)C)o1. The van der Waals surface area contributed by atoms with Gasteiger partial charge in [0.1, 0.15) is 17.6 Å². The molecule has 0 radical (unpaired) electrons. The molecule has 0 spiro atoms. The fraction of sp³-hybridized carbons (Fsp3) is 0.429. The molecule has 0 aliphatic heterocycles. The van der Waals surface area contributed by atoms with E-state index in [2.05, 4.69) is 45.7 Å². The molecule has 0 fully saturated rings. The van der Waals surface area contributed by atoms with Crippen LogP contribution in [0.25, 0.3) is 0 Å². The fourth-order valence-electron chi connectivity index (χ4n) is 2.12. The van der Waals surface area contributed by atoms with Gasteiger partial charge in [0.25, 0.3) is 0 Å². The van der Waals surface area contributed by atoms with Crippen molar-refractivity contribution in [2.75, 3.05) is 0 Å². The largest absolute Gasteiger partial charge is 0.466 e. The van der Waals surface area contributed by atoms with Crippen molar-refractivity contribution in [1.82, 2.24) is 0 Å². The number of rotatable bonds is 4. The van der Waals surface area contributed by atoms with E-state index in [0.717, 1.165) is 17.1 Å². The summed E-state index contributed by atoms with van der Waals surface area (Å²) >= 11 is 0. The number of hydrogen-bond donors (Lipinski definition) is 0. The number of benzene rings is 1. The van der Waals surface area contributed by atoms with Crippen LogP contribution in [-0.4, -0.2) is 14.4 Å². The standard InChI is InChI=1S/C21H28O2Si/c1-17-12-14-19(22-17)16-20(23-24(5,6)21(2,3)4)15-13-18-10-8-7-9-11-18/h7-12,14,20H,16H2,1-6H3. The molecule has 1 atom stereocenters. The molecule has 0 saturated carbocycles. The van der Waals surface area contributed by atoms with Crippen molar-refractivity contribution in [3.8, 4) is 11.8 Å². The minimum absolute atomic E-state index is 0.152. The van der Waals surface area contributed by atoms with Gasteiger partial charge in [0.15, 0.2) is 8.32 Å². The van der Waals surface area contributed by atoms with Gasteiger partial charge in [0.05, 0.1) is 0 Å². The normalized spacial score (nSPS) is 13.2. The monoisotopic (exact) mass is 340 g/mol. The molecule has 0 bridgehead atoms. The predicted molar refractivity (Wildman–Crippen MR) is 103 cm³/mol. The average molecular weight is 341 g/mol. The molecular weight excluding hydrogens is 312 g/mol. The molecule has 1 aromatic heterocycles. The maximum atomic E-state index is 6.54. The molecule has 0 N–H and O–H groups in total. The number of aryl methyl sites for hydroxylation is 1. The summed E-state index contributed by atoms with van der Waals surface area (Å²) in [5.41, 5.74) is 1.01. The molecule has 2 aromatic rings. The molecule has 2 rings (SSSR count). The van der Waals surface area contributed by atoms with E-state index in [1.54, 1.807) is 0 Å². The van der Waals surface area contributed by atoms with Crippen LogP contribution in [0.1, 0.15) is 37.9 Å². The van der Waals surface area contributed by atoms with Gasteiger partial charge in [-0.15, -0.1) is 0 Å². The molecular formula is C21H28O2Si. The Balaban J connectivity index is 2.23. The average Bonchev–Trinajstić information content (AvgIpc) is 2.89. The molecule has 1 heterocycles. The first-order chi connectivity index (χ1) is 11.2. The van der Waals surface area contributed by atoms with E-state index in [0.29, 0.717) is 6.42 Å². The van der Waals surface area contributed by atoms with Gasteiger partial charge in [-0.05, 0) is 49.3 Å². The zero-order valence-electron chi connectivity index (χ0n) is 15.6. The van der Waals surface area contributed by atoms with Crippen LogP contribution in [0.5, 0.6) is 0 Å². The first-order valence-corrected chi connectivity index (χ1v) is 11.4. The van der Waals surface area contributed by atoms with Gasteiger partial charge in [-0.2, -0.15) is 0 Å². The lowest BCUT2D eigenvalue weighted by molar-refractivity contribution is 0.224. The Morgan fingerprint density at radius 3 is 2.29 bits per heavy atom. The van der Waals surface area contributed by atoms with Gasteiger partial charge in [-0.3, -0.25) is 0 Å². The molecule has 0 amide bonds. The third kappa shape index (κ3) is 5.12. The van der Waals surface area contributed by atoms with Crippen molar-refractivity contribution in [2.24, 2.45) is 0 Å². The van der Waals surface area contributed by atoms with Crippen molar-refractivity contribution in [2.45, 2.75) is 58.4 Å². The van der Waals surface area contributed by atoms with E-state index >= 15 is 0 Å². The molecule has 0 aliphatic carbocycles. The highest BCUT2D eigenvalue weighted by molar-refractivity contribution is 6.74. The van der Waals surface area contributed by atoms with Crippen molar-refractivity contribution in [3.05, 3.63) is 59.5 Å². The van der Waals surface area contributed by atoms with E-state index in [1.807, 2.05) is 49.4 Å². The smallest absolute Gasteiger partial charge is 0.193 e. The number of furan rings is 1. The first kappa shape index (κ1) is 18.6. The predicted octanol–water partition coefficient (Wildman–Crippen LogP) is 5.57. The topological polar surface area (TPSA) is 22.4 Å². The Morgan fingerprint density at radius 2 is 1.75 bits per heavy atom. The molecule has 24 heavy (non-hydrogen) atoms. The van der Waals surface area contributed by atoms with Crippen LogP contribution in [0.3, 0.4) is 0 Å². The Morgan fingerprint density at radius 1 is 1.08 bits per heavy atom. The Bertz CT molecular complexity index is 712. The summed E-state index contributed by atoms with van der Waals surface area (Å²) in [5, 5.41) is 0.152. The summed E-state index contributed by atoms with van der Waals surface area (Å²) in [6.07, 6.45) is 0.525. The first-order valence-electron chi connectivity index (χ1n) is 8.47. The minimum Gasteiger partial charge on any atom is -0.466 e. The third-order valence-electron chi connectivity index (χ3n) is 4.58. The van der Waals surface area contributed by atoms with Crippen LogP contribution < -0.4 is 0 Å². The van der Waals surface area contributed by atoms with Gasteiger partial charge in [-0.1, -0.05) is 50.8 Å². The molecule has 0 saturated heterocycles. The maximum absolute atomic E-state index is 6.54.